The first kappa shape index (κ1) is 10.9. The van der Waals surface area contributed by atoms with E-state index >= 15 is 0 Å². The minimum atomic E-state index is 0.539. The van der Waals surface area contributed by atoms with E-state index in [1.807, 2.05) is 12.1 Å². The zero-order chi connectivity index (χ0) is 12.2. The maximum atomic E-state index is 4.36. The van der Waals surface area contributed by atoms with E-state index in [1.54, 1.807) is 18.6 Å². The molecule has 1 fully saturated rings. The van der Waals surface area contributed by atoms with Crippen molar-refractivity contribution in [2.75, 3.05) is 10.6 Å². The fourth-order valence-corrected chi connectivity index (χ4v) is 1.57. The quantitative estimate of drug-likeness (QED) is 0.826. The van der Waals surface area contributed by atoms with Gasteiger partial charge in [0.05, 0.1) is 6.20 Å². The van der Waals surface area contributed by atoms with Gasteiger partial charge in [-0.25, -0.2) is 0 Å². The van der Waals surface area contributed by atoms with Gasteiger partial charge in [-0.1, -0.05) is 0 Å². The van der Waals surface area contributed by atoms with Crippen LogP contribution >= 0.6 is 0 Å². The molecule has 0 unspecified atom stereocenters. The number of anilines is 2. The van der Waals surface area contributed by atoms with Crippen molar-refractivity contribution in [2.24, 2.45) is 0 Å². The van der Waals surface area contributed by atoms with Crippen molar-refractivity contribution < 1.29 is 0 Å². The van der Waals surface area contributed by atoms with Gasteiger partial charge >= 0.3 is 0 Å². The van der Waals surface area contributed by atoms with Gasteiger partial charge in [0.2, 0.25) is 5.95 Å². The molecule has 0 aromatic carbocycles. The first-order chi connectivity index (χ1) is 8.90. The van der Waals surface area contributed by atoms with Crippen LogP contribution in [0.5, 0.6) is 0 Å². The largest absolute Gasteiger partial charge is 0.366 e. The predicted molar refractivity (Wildman–Crippen MR) is 68.0 cm³/mol. The Morgan fingerprint density at radius 2 is 2.06 bits per heavy atom. The summed E-state index contributed by atoms with van der Waals surface area (Å²) in [5.41, 5.74) is 1.13. The van der Waals surface area contributed by atoms with E-state index in [1.165, 1.54) is 12.8 Å². The molecule has 2 heterocycles. The van der Waals surface area contributed by atoms with E-state index in [0.717, 1.165) is 11.4 Å². The molecular weight excluding hydrogens is 228 g/mol. The molecule has 0 bridgehead atoms. The van der Waals surface area contributed by atoms with Crippen molar-refractivity contribution in [3.05, 3.63) is 36.3 Å². The molecule has 6 nitrogen and oxygen atoms in total. The summed E-state index contributed by atoms with van der Waals surface area (Å²) in [4.78, 5) is 8.33. The van der Waals surface area contributed by atoms with Gasteiger partial charge < -0.3 is 10.6 Å². The minimum Gasteiger partial charge on any atom is -0.366 e. The number of hydrogen-bond donors (Lipinski definition) is 2. The molecule has 2 aromatic rings. The Kier molecular flexibility index (Phi) is 2.99. The second kappa shape index (κ2) is 4.95. The Labute approximate surface area is 105 Å². The lowest BCUT2D eigenvalue weighted by Gasteiger charge is -2.06. The minimum absolute atomic E-state index is 0.539. The van der Waals surface area contributed by atoms with Gasteiger partial charge in [-0.3, -0.25) is 4.98 Å². The lowest BCUT2D eigenvalue weighted by atomic mass is 10.3. The first-order valence-corrected chi connectivity index (χ1v) is 5.99. The molecule has 0 aliphatic heterocycles. The smallest absolute Gasteiger partial charge is 0.244 e. The topological polar surface area (TPSA) is 75.6 Å². The zero-order valence-corrected chi connectivity index (χ0v) is 9.87. The fraction of sp³-hybridized carbons (Fsp3) is 0.333. The maximum absolute atomic E-state index is 4.36. The van der Waals surface area contributed by atoms with Gasteiger partial charge in [0.1, 0.15) is 0 Å². The zero-order valence-electron chi connectivity index (χ0n) is 9.87. The highest BCUT2D eigenvalue weighted by Crippen LogP contribution is 2.23. The summed E-state index contributed by atoms with van der Waals surface area (Å²) < 4.78 is 0. The van der Waals surface area contributed by atoms with Crippen LogP contribution in [0.4, 0.5) is 11.8 Å². The molecule has 1 saturated carbocycles. The molecule has 0 spiro atoms. The number of rotatable bonds is 5. The standard InChI is InChI=1S/C12H14N6/c1-2-10(1)16-11-8-15-18-12(17-11)14-7-9-3-5-13-6-4-9/h3-6,8,10H,1-2,7H2,(H2,14,16,17,18). The summed E-state index contributed by atoms with van der Waals surface area (Å²) in [5.74, 6) is 1.32. The molecule has 2 N–H and O–H groups in total. The van der Waals surface area contributed by atoms with Crippen molar-refractivity contribution in [1.82, 2.24) is 20.2 Å². The normalized spacial score (nSPS) is 14.2. The second-order valence-electron chi connectivity index (χ2n) is 4.29. The van der Waals surface area contributed by atoms with E-state index in [2.05, 4.69) is 30.8 Å². The third kappa shape index (κ3) is 2.91. The Hall–Kier alpha value is -2.24. The average Bonchev–Trinajstić information content (AvgIpc) is 3.22. The van der Waals surface area contributed by atoms with Crippen LogP contribution in [0.25, 0.3) is 0 Å². The highest BCUT2D eigenvalue weighted by atomic mass is 15.3. The van der Waals surface area contributed by atoms with E-state index in [4.69, 9.17) is 0 Å². The van der Waals surface area contributed by atoms with Gasteiger partial charge in [-0.2, -0.15) is 10.1 Å². The van der Waals surface area contributed by atoms with E-state index in [-0.39, 0.29) is 0 Å². The predicted octanol–water partition coefficient (Wildman–Crippen LogP) is 1.45. The third-order valence-electron chi connectivity index (χ3n) is 2.69. The van der Waals surface area contributed by atoms with Crippen molar-refractivity contribution in [2.45, 2.75) is 25.4 Å². The Balaban J connectivity index is 1.61. The Bertz CT molecular complexity index is 511. The van der Waals surface area contributed by atoms with Crippen LogP contribution in [0, 0.1) is 0 Å². The lowest BCUT2D eigenvalue weighted by molar-refractivity contribution is 0.936. The van der Waals surface area contributed by atoms with E-state index in [9.17, 15) is 0 Å². The second-order valence-corrected chi connectivity index (χ2v) is 4.29. The average molecular weight is 242 g/mol. The van der Waals surface area contributed by atoms with Crippen LogP contribution in [0.1, 0.15) is 18.4 Å². The monoisotopic (exact) mass is 242 g/mol. The fourth-order valence-electron chi connectivity index (χ4n) is 1.57. The summed E-state index contributed by atoms with van der Waals surface area (Å²) in [6.07, 6.45) is 7.60. The molecule has 0 saturated heterocycles. The SMILES string of the molecule is c1cc(CNc2nncc(NC3CC3)n2)ccn1. The molecule has 3 rings (SSSR count). The third-order valence-corrected chi connectivity index (χ3v) is 2.69. The van der Waals surface area contributed by atoms with E-state index in [0.29, 0.717) is 18.5 Å². The van der Waals surface area contributed by atoms with Gasteiger partial charge in [-0.05, 0) is 30.5 Å². The number of nitrogens with zero attached hydrogens (tertiary/aromatic N) is 4. The summed E-state index contributed by atoms with van der Waals surface area (Å²) in [5, 5.41) is 14.3. The molecular formula is C12H14N6. The Morgan fingerprint density at radius 3 is 2.83 bits per heavy atom. The van der Waals surface area contributed by atoms with Crippen molar-refractivity contribution >= 4 is 11.8 Å². The van der Waals surface area contributed by atoms with Crippen LogP contribution in [-0.4, -0.2) is 26.2 Å². The van der Waals surface area contributed by atoms with Crippen molar-refractivity contribution in [1.29, 1.82) is 0 Å². The summed E-state index contributed by atoms with van der Waals surface area (Å²) in [6.45, 7) is 0.664. The van der Waals surface area contributed by atoms with Gasteiger partial charge in [0.15, 0.2) is 5.82 Å². The highest BCUT2D eigenvalue weighted by Gasteiger charge is 2.21. The summed E-state index contributed by atoms with van der Waals surface area (Å²) in [6, 6.07) is 4.47. The van der Waals surface area contributed by atoms with Gasteiger partial charge in [0.25, 0.3) is 0 Å². The van der Waals surface area contributed by atoms with Gasteiger partial charge in [-0.15, -0.1) is 5.10 Å². The van der Waals surface area contributed by atoms with E-state index < -0.39 is 0 Å². The van der Waals surface area contributed by atoms with Crippen LogP contribution < -0.4 is 10.6 Å². The molecule has 0 amide bonds. The molecule has 18 heavy (non-hydrogen) atoms. The van der Waals surface area contributed by atoms with Crippen LogP contribution in [0.15, 0.2) is 30.7 Å². The molecule has 6 heteroatoms. The number of pyridine rings is 1. The summed E-state index contributed by atoms with van der Waals surface area (Å²) in [7, 11) is 0. The van der Waals surface area contributed by atoms with Crippen molar-refractivity contribution in [3.8, 4) is 0 Å². The molecule has 1 aliphatic carbocycles. The number of aromatic nitrogens is 4. The van der Waals surface area contributed by atoms with Crippen LogP contribution in [0.3, 0.4) is 0 Å². The lowest BCUT2D eigenvalue weighted by Crippen LogP contribution is -2.09. The molecule has 2 aromatic heterocycles. The van der Waals surface area contributed by atoms with Crippen LogP contribution in [-0.2, 0) is 6.54 Å². The number of hydrogen-bond acceptors (Lipinski definition) is 6. The molecule has 0 radical (unpaired) electrons. The Morgan fingerprint density at radius 1 is 1.22 bits per heavy atom. The van der Waals surface area contributed by atoms with Crippen LogP contribution in [0.2, 0.25) is 0 Å². The molecule has 1 aliphatic rings. The molecule has 0 atom stereocenters. The molecule has 92 valence electrons. The number of nitrogens with one attached hydrogen (secondary N) is 2. The maximum Gasteiger partial charge on any atom is 0.244 e. The summed E-state index contributed by atoms with van der Waals surface area (Å²) >= 11 is 0. The highest BCUT2D eigenvalue weighted by molar-refractivity contribution is 5.39. The first-order valence-electron chi connectivity index (χ1n) is 5.99. The van der Waals surface area contributed by atoms with Crippen molar-refractivity contribution in [3.63, 3.8) is 0 Å². The van der Waals surface area contributed by atoms with Gasteiger partial charge in [0, 0.05) is 25.0 Å².